The van der Waals surface area contributed by atoms with E-state index in [1.54, 1.807) is 18.2 Å². The predicted molar refractivity (Wildman–Crippen MR) is 73.5 cm³/mol. The maximum atomic E-state index is 13.4. The number of hydrogen-bond acceptors (Lipinski definition) is 2. The summed E-state index contributed by atoms with van der Waals surface area (Å²) in [5, 5.41) is 2.88. The van der Waals surface area contributed by atoms with Crippen molar-refractivity contribution in [1.82, 2.24) is 5.32 Å². The molecule has 5 heteroatoms. The Labute approximate surface area is 115 Å². The van der Waals surface area contributed by atoms with Crippen molar-refractivity contribution in [3.05, 3.63) is 35.6 Å². The number of halogens is 1. The van der Waals surface area contributed by atoms with Gasteiger partial charge in [-0.3, -0.25) is 9.00 Å². The Kier molecular flexibility index (Phi) is 5.07. The van der Waals surface area contributed by atoms with Crippen molar-refractivity contribution in [3.8, 4) is 0 Å². The molecule has 1 aromatic rings. The van der Waals surface area contributed by atoms with E-state index >= 15 is 0 Å². The van der Waals surface area contributed by atoms with Crippen LogP contribution < -0.4 is 5.32 Å². The molecule has 0 heterocycles. The largest absolute Gasteiger partial charge is 0.353 e. The van der Waals surface area contributed by atoms with Crippen LogP contribution in [-0.2, 0) is 21.3 Å². The van der Waals surface area contributed by atoms with Crippen molar-refractivity contribution in [2.24, 2.45) is 0 Å². The highest BCUT2D eigenvalue weighted by Gasteiger charge is 2.18. The fraction of sp³-hybridized carbons (Fsp3) is 0.500. The van der Waals surface area contributed by atoms with Gasteiger partial charge in [0.2, 0.25) is 5.91 Å². The molecule has 0 saturated heterocycles. The molecule has 0 aromatic heterocycles. The fourth-order valence-electron chi connectivity index (χ4n) is 2.33. The minimum absolute atomic E-state index is 0.0508. The zero-order chi connectivity index (χ0) is 13.7. The van der Waals surface area contributed by atoms with Crippen LogP contribution in [0.2, 0.25) is 0 Å². The lowest BCUT2D eigenvalue weighted by Gasteiger charge is -2.11. The molecule has 1 atom stereocenters. The van der Waals surface area contributed by atoms with Crippen molar-refractivity contribution >= 4 is 16.7 Å². The fourth-order valence-corrected chi connectivity index (χ4v) is 3.38. The number of amides is 1. The molecule has 1 saturated carbocycles. The number of nitrogens with one attached hydrogen (secondary N) is 1. The molecule has 2 rings (SSSR count). The molecule has 1 aliphatic rings. The first-order valence-electron chi connectivity index (χ1n) is 6.53. The van der Waals surface area contributed by atoms with E-state index in [4.69, 9.17) is 0 Å². The van der Waals surface area contributed by atoms with Gasteiger partial charge in [-0.15, -0.1) is 0 Å². The number of rotatable bonds is 5. The summed E-state index contributed by atoms with van der Waals surface area (Å²) >= 11 is 0. The van der Waals surface area contributed by atoms with E-state index in [-0.39, 0.29) is 29.3 Å². The van der Waals surface area contributed by atoms with Gasteiger partial charge in [0.1, 0.15) is 11.6 Å². The summed E-state index contributed by atoms with van der Waals surface area (Å²) < 4.78 is 25.2. The second kappa shape index (κ2) is 6.80. The van der Waals surface area contributed by atoms with Gasteiger partial charge in [0.15, 0.2) is 0 Å². The van der Waals surface area contributed by atoms with Gasteiger partial charge in [-0.2, -0.15) is 0 Å². The van der Waals surface area contributed by atoms with E-state index in [2.05, 4.69) is 5.32 Å². The van der Waals surface area contributed by atoms with E-state index in [1.165, 1.54) is 6.07 Å². The van der Waals surface area contributed by atoms with Gasteiger partial charge in [0.05, 0.1) is 5.75 Å². The van der Waals surface area contributed by atoms with Crippen molar-refractivity contribution in [2.45, 2.75) is 37.5 Å². The Hall–Kier alpha value is -1.23. The van der Waals surface area contributed by atoms with Crippen molar-refractivity contribution in [1.29, 1.82) is 0 Å². The number of hydrogen-bond donors (Lipinski definition) is 1. The lowest BCUT2D eigenvalue weighted by molar-refractivity contribution is -0.119. The topological polar surface area (TPSA) is 46.2 Å². The van der Waals surface area contributed by atoms with Gasteiger partial charge in [0, 0.05) is 22.4 Å². The van der Waals surface area contributed by atoms with Crippen LogP contribution in [0.25, 0.3) is 0 Å². The molecule has 0 spiro atoms. The summed E-state index contributed by atoms with van der Waals surface area (Å²) in [6.07, 6.45) is 4.30. The van der Waals surface area contributed by atoms with Crippen molar-refractivity contribution in [3.63, 3.8) is 0 Å². The molecular weight excluding hydrogens is 265 g/mol. The van der Waals surface area contributed by atoms with Gasteiger partial charge in [-0.05, 0) is 18.9 Å². The minimum Gasteiger partial charge on any atom is -0.353 e. The second-order valence-electron chi connectivity index (χ2n) is 4.87. The Morgan fingerprint density at radius 1 is 1.32 bits per heavy atom. The summed E-state index contributed by atoms with van der Waals surface area (Å²) in [7, 11) is -1.36. The maximum absolute atomic E-state index is 13.4. The van der Waals surface area contributed by atoms with Gasteiger partial charge in [0.25, 0.3) is 0 Å². The normalized spacial score (nSPS) is 17.3. The third-order valence-corrected chi connectivity index (χ3v) is 4.50. The summed E-state index contributed by atoms with van der Waals surface area (Å²) in [6.45, 7) is 0. The highest BCUT2D eigenvalue weighted by atomic mass is 32.2. The molecule has 1 aliphatic carbocycles. The molecule has 1 fully saturated rings. The average molecular weight is 283 g/mol. The summed E-state index contributed by atoms with van der Waals surface area (Å²) in [5.74, 6) is -0.524. The molecule has 1 unspecified atom stereocenters. The van der Waals surface area contributed by atoms with Crippen LogP contribution in [0.5, 0.6) is 0 Å². The van der Waals surface area contributed by atoms with E-state index < -0.39 is 10.8 Å². The Balaban J connectivity index is 1.80. The quantitative estimate of drug-likeness (QED) is 0.900. The van der Waals surface area contributed by atoms with Crippen molar-refractivity contribution in [2.75, 3.05) is 5.75 Å². The highest BCUT2D eigenvalue weighted by Crippen LogP contribution is 2.17. The summed E-state index contributed by atoms with van der Waals surface area (Å²) in [6, 6.07) is 6.47. The molecule has 104 valence electrons. The molecule has 1 amide bonds. The molecule has 1 aromatic carbocycles. The lowest BCUT2D eigenvalue weighted by Crippen LogP contribution is -2.35. The number of carbonyl (C=O) groups excluding carboxylic acids is 1. The van der Waals surface area contributed by atoms with Crippen LogP contribution in [0.3, 0.4) is 0 Å². The van der Waals surface area contributed by atoms with Crippen LogP contribution in [0.1, 0.15) is 31.2 Å². The van der Waals surface area contributed by atoms with Gasteiger partial charge in [-0.1, -0.05) is 31.0 Å². The van der Waals surface area contributed by atoms with Gasteiger partial charge < -0.3 is 5.32 Å². The third-order valence-electron chi connectivity index (χ3n) is 3.29. The van der Waals surface area contributed by atoms with E-state index in [0.29, 0.717) is 5.56 Å². The molecule has 1 N–H and O–H groups in total. The summed E-state index contributed by atoms with van der Waals surface area (Å²) in [4.78, 5) is 11.7. The monoisotopic (exact) mass is 283 g/mol. The second-order valence-corrected chi connectivity index (χ2v) is 6.33. The summed E-state index contributed by atoms with van der Waals surface area (Å²) in [5.41, 5.74) is 0.398. The molecule has 3 nitrogen and oxygen atoms in total. The van der Waals surface area contributed by atoms with Crippen LogP contribution in [-0.4, -0.2) is 21.9 Å². The smallest absolute Gasteiger partial charge is 0.232 e. The SMILES string of the molecule is O=C(CS(=O)Cc1ccccc1F)NC1CCCC1. The zero-order valence-corrected chi connectivity index (χ0v) is 11.5. The molecule has 19 heavy (non-hydrogen) atoms. The molecule has 0 radical (unpaired) electrons. The molecule has 0 aliphatic heterocycles. The zero-order valence-electron chi connectivity index (χ0n) is 10.7. The van der Waals surface area contributed by atoms with E-state index in [1.807, 2.05) is 0 Å². The van der Waals surface area contributed by atoms with Crippen LogP contribution in [0, 0.1) is 5.82 Å². The number of carbonyl (C=O) groups is 1. The third kappa shape index (κ3) is 4.42. The standard InChI is InChI=1S/C14H18FNO2S/c15-13-8-4-1-5-11(13)9-19(18)10-14(17)16-12-6-2-3-7-12/h1,4-5,8,12H,2-3,6-7,9-10H2,(H,16,17). The average Bonchev–Trinajstić information content (AvgIpc) is 2.84. The number of benzene rings is 1. The Morgan fingerprint density at radius 2 is 2.00 bits per heavy atom. The first kappa shape index (κ1) is 14.2. The molecule has 0 bridgehead atoms. The lowest BCUT2D eigenvalue weighted by atomic mass is 10.2. The Bertz CT molecular complexity index is 472. The first-order chi connectivity index (χ1) is 9.15. The van der Waals surface area contributed by atoms with E-state index in [9.17, 15) is 13.4 Å². The van der Waals surface area contributed by atoms with Gasteiger partial charge >= 0.3 is 0 Å². The molecular formula is C14H18FNO2S. The van der Waals surface area contributed by atoms with Crippen LogP contribution in [0.15, 0.2) is 24.3 Å². The van der Waals surface area contributed by atoms with Crippen LogP contribution in [0.4, 0.5) is 4.39 Å². The predicted octanol–water partition coefficient (Wildman–Crippen LogP) is 2.13. The van der Waals surface area contributed by atoms with Crippen molar-refractivity contribution < 1.29 is 13.4 Å². The van der Waals surface area contributed by atoms with Crippen LogP contribution >= 0.6 is 0 Å². The highest BCUT2D eigenvalue weighted by molar-refractivity contribution is 7.84. The van der Waals surface area contributed by atoms with Gasteiger partial charge in [-0.25, -0.2) is 4.39 Å². The maximum Gasteiger partial charge on any atom is 0.232 e. The van der Waals surface area contributed by atoms with E-state index in [0.717, 1.165) is 25.7 Å². The minimum atomic E-state index is -1.36. The first-order valence-corrected chi connectivity index (χ1v) is 8.01. The Morgan fingerprint density at radius 3 is 2.68 bits per heavy atom.